The predicted octanol–water partition coefficient (Wildman–Crippen LogP) is 2.44. The Balaban J connectivity index is 1.35. The molecule has 4 aromatic rings. The van der Waals surface area contributed by atoms with Gasteiger partial charge in [-0.15, -0.1) is 0 Å². The zero-order valence-electron chi connectivity index (χ0n) is 19.0. The lowest BCUT2D eigenvalue weighted by Crippen LogP contribution is -2.52. The first-order valence-electron chi connectivity index (χ1n) is 11.1. The minimum absolute atomic E-state index is 0.0689. The van der Waals surface area contributed by atoms with E-state index in [0.29, 0.717) is 59.7 Å². The minimum Gasteiger partial charge on any atom is -0.359 e. The fourth-order valence-corrected chi connectivity index (χ4v) is 4.39. The van der Waals surface area contributed by atoms with Gasteiger partial charge in [-0.3, -0.25) is 19.4 Å². The number of hydrogen-bond acceptors (Lipinski definition) is 5. The van der Waals surface area contributed by atoms with E-state index >= 15 is 0 Å². The van der Waals surface area contributed by atoms with E-state index in [1.54, 1.807) is 35.6 Å². The van der Waals surface area contributed by atoms with Crippen molar-refractivity contribution in [3.8, 4) is 11.5 Å². The molecule has 9 heteroatoms. The molecule has 34 heavy (non-hydrogen) atoms. The van der Waals surface area contributed by atoms with Crippen molar-refractivity contribution in [2.24, 2.45) is 7.05 Å². The number of carbonyl (C=O) groups excluding carboxylic acids is 3. The quantitative estimate of drug-likeness (QED) is 0.375. The average molecular weight is 457 g/mol. The van der Waals surface area contributed by atoms with Crippen LogP contribution in [0.4, 0.5) is 0 Å². The summed E-state index contributed by atoms with van der Waals surface area (Å²) in [5, 5.41) is 0.671. The average Bonchev–Trinajstić information content (AvgIpc) is 3.51. The van der Waals surface area contributed by atoms with Gasteiger partial charge in [-0.2, -0.15) is 0 Å². The van der Waals surface area contributed by atoms with Crippen LogP contribution in [-0.2, 0) is 11.8 Å². The van der Waals surface area contributed by atoms with Gasteiger partial charge in [0.2, 0.25) is 0 Å². The first-order chi connectivity index (χ1) is 16.5. The molecule has 0 aliphatic carbocycles. The second kappa shape index (κ2) is 8.58. The number of aromatic nitrogens is 4. The number of pyridine rings is 1. The lowest BCUT2D eigenvalue weighted by atomic mass is 10.0. The van der Waals surface area contributed by atoms with Gasteiger partial charge in [-0.05, 0) is 24.6 Å². The Morgan fingerprint density at radius 2 is 1.68 bits per heavy atom. The molecule has 1 aromatic carbocycles. The van der Waals surface area contributed by atoms with Crippen LogP contribution in [0.15, 0.2) is 55.1 Å². The van der Waals surface area contributed by atoms with Crippen molar-refractivity contribution in [1.29, 1.82) is 0 Å². The maximum Gasteiger partial charge on any atom is 0.295 e. The van der Waals surface area contributed by atoms with E-state index < -0.39 is 11.7 Å². The number of imidazole rings is 1. The molecule has 5 rings (SSSR count). The van der Waals surface area contributed by atoms with Gasteiger partial charge < -0.3 is 19.4 Å². The van der Waals surface area contributed by atoms with Crippen molar-refractivity contribution in [2.45, 2.75) is 6.92 Å². The lowest BCUT2D eigenvalue weighted by molar-refractivity contribution is -0.127. The van der Waals surface area contributed by atoms with Crippen LogP contribution < -0.4 is 0 Å². The molecular weight excluding hydrogens is 432 g/mol. The van der Waals surface area contributed by atoms with Crippen LogP contribution in [0.5, 0.6) is 0 Å². The molecule has 2 amide bonds. The molecule has 1 N–H and O–H groups in total. The standard InChI is InChI=1S/C25H24N6O3/c1-16-14-27-21(23-26-8-9-29(23)2)20-19(16)18(15-28-20)22(32)25(34)31-12-10-30(11-13-31)24(33)17-6-4-3-5-7-17/h3-9,14-15,28H,10-13H2,1-2H3. The first kappa shape index (κ1) is 21.6. The SMILES string of the molecule is Cc1cnc(-c2nccn2C)c2[nH]cc(C(=O)C(=O)N3CCN(C(=O)c4ccccc4)CC3)c12. The third kappa shape index (κ3) is 3.64. The van der Waals surface area contributed by atoms with Crippen molar-refractivity contribution < 1.29 is 14.4 Å². The predicted molar refractivity (Wildman–Crippen MR) is 126 cm³/mol. The number of piperazine rings is 1. The maximum absolute atomic E-state index is 13.2. The number of rotatable bonds is 4. The summed E-state index contributed by atoms with van der Waals surface area (Å²) in [4.78, 5) is 54.2. The maximum atomic E-state index is 13.2. The number of hydrogen-bond donors (Lipinski definition) is 1. The summed E-state index contributed by atoms with van der Waals surface area (Å²) in [7, 11) is 1.87. The second-order valence-electron chi connectivity index (χ2n) is 8.38. The van der Waals surface area contributed by atoms with E-state index in [-0.39, 0.29) is 5.91 Å². The topological polar surface area (TPSA) is 104 Å². The Morgan fingerprint density at radius 1 is 0.971 bits per heavy atom. The molecule has 0 atom stereocenters. The van der Waals surface area contributed by atoms with E-state index in [9.17, 15) is 14.4 Å². The summed E-state index contributed by atoms with van der Waals surface area (Å²) in [6.07, 6.45) is 6.77. The number of aromatic amines is 1. The highest BCUT2D eigenvalue weighted by atomic mass is 16.2. The number of benzene rings is 1. The molecule has 0 unspecified atom stereocenters. The fourth-order valence-electron chi connectivity index (χ4n) is 4.39. The van der Waals surface area contributed by atoms with Crippen molar-refractivity contribution in [3.63, 3.8) is 0 Å². The fraction of sp³-hybridized carbons (Fsp3) is 0.240. The van der Waals surface area contributed by atoms with Crippen LogP contribution in [0, 0.1) is 6.92 Å². The van der Waals surface area contributed by atoms with E-state index in [1.807, 2.05) is 42.9 Å². The molecular formula is C25H24N6O3. The summed E-state index contributed by atoms with van der Waals surface area (Å²) < 4.78 is 1.85. The number of carbonyl (C=O) groups is 3. The molecule has 1 aliphatic heterocycles. The van der Waals surface area contributed by atoms with Crippen LogP contribution in [0.1, 0.15) is 26.3 Å². The number of H-pyrrole nitrogens is 1. The van der Waals surface area contributed by atoms with Gasteiger partial charge >= 0.3 is 0 Å². The summed E-state index contributed by atoms with van der Waals surface area (Å²) in [5.41, 5.74) is 3.02. The molecule has 9 nitrogen and oxygen atoms in total. The molecule has 4 heterocycles. The van der Waals surface area contributed by atoms with E-state index in [4.69, 9.17) is 0 Å². The zero-order chi connectivity index (χ0) is 23.8. The van der Waals surface area contributed by atoms with Gasteiger partial charge in [0, 0.05) is 69.0 Å². The second-order valence-corrected chi connectivity index (χ2v) is 8.38. The van der Waals surface area contributed by atoms with Crippen LogP contribution in [-0.4, -0.2) is 73.1 Å². The highest BCUT2D eigenvalue weighted by Crippen LogP contribution is 2.30. The third-order valence-electron chi connectivity index (χ3n) is 6.25. The van der Waals surface area contributed by atoms with Crippen molar-refractivity contribution >= 4 is 28.5 Å². The van der Waals surface area contributed by atoms with Gasteiger partial charge in [0.05, 0.1) is 11.1 Å². The largest absolute Gasteiger partial charge is 0.359 e. The monoisotopic (exact) mass is 456 g/mol. The van der Waals surface area contributed by atoms with Crippen molar-refractivity contribution in [3.05, 3.63) is 71.8 Å². The Kier molecular flexibility index (Phi) is 5.45. The molecule has 1 fully saturated rings. The lowest BCUT2D eigenvalue weighted by Gasteiger charge is -2.34. The van der Waals surface area contributed by atoms with Gasteiger partial charge in [-0.25, -0.2) is 4.98 Å². The number of ketones is 1. The number of nitrogens with zero attached hydrogens (tertiary/aromatic N) is 5. The van der Waals surface area contributed by atoms with E-state index in [2.05, 4.69) is 15.0 Å². The number of nitrogens with one attached hydrogen (secondary N) is 1. The van der Waals surface area contributed by atoms with E-state index in [0.717, 1.165) is 5.56 Å². The highest BCUT2D eigenvalue weighted by molar-refractivity contribution is 6.45. The summed E-state index contributed by atoms with van der Waals surface area (Å²) in [5.74, 6) is -0.548. The van der Waals surface area contributed by atoms with Gasteiger partial charge in [0.1, 0.15) is 5.69 Å². The summed E-state index contributed by atoms with van der Waals surface area (Å²) in [6, 6.07) is 9.06. The summed E-state index contributed by atoms with van der Waals surface area (Å²) >= 11 is 0. The Bertz CT molecular complexity index is 1400. The summed E-state index contributed by atoms with van der Waals surface area (Å²) in [6.45, 7) is 3.25. The molecule has 1 aliphatic rings. The molecule has 0 bridgehead atoms. The molecule has 0 radical (unpaired) electrons. The number of fused-ring (bicyclic) bond motifs is 1. The Hall–Kier alpha value is -4.27. The van der Waals surface area contributed by atoms with Crippen LogP contribution in [0.25, 0.3) is 22.4 Å². The van der Waals surface area contributed by atoms with E-state index in [1.165, 1.54) is 4.90 Å². The molecule has 172 valence electrons. The smallest absolute Gasteiger partial charge is 0.295 e. The minimum atomic E-state index is -0.575. The van der Waals surface area contributed by atoms with Crippen molar-refractivity contribution in [2.75, 3.05) is 26.2 Å². The van der Waals surface area contributed by atoms with Crippen LogP contribution >= 0.6 is 0 Å². The first-order valence-corrected chi connectivity index (χ1v) is 11.1. The molecule has 3 aromatic heterocycles. The number of aryl methyl sites for hydroxylation is 2. The highest BCUT2D eigenvalue weighted by Gasteiger charge is 2.31. The molecule has 0 saturated carbocycles. The molecule has 0 spiro atoms. The van der Waals surface area contributed by atoms with Gasteiger partial charge in [0.25, 0.3) is 17.6 Å². The Morgan fingerprint density at radius 3 is 2.35 bits per heavy atom. The number of amides is 2. The normalized spacial score (nSPS) is 13.9. The Labute approximate surface area is 196 Å². The van der Waals surface area contributed by atoms with Gasteiger partial charge in [0.15, 0.2) is 5.82 Å². The van der Waals surface area contributed by atoms with Crippen LogP contribution in [0.2, 0.25) is 0 Å². The third-order valence-corrected chi connectivity index (χ3v) is 6.25. The van der Waals surface area contributed by atoms with Crippen molar-refractivity contribution in [1.82, 2.24) is 29.3 Å². The van der Waals surface area contributed by atoms with Crippen LogP contribution in [0.3, 0.4) is 0 Å². The number of Topliss-reactive ketones (excluding diaryl/α,β-unsaturated/α-hetero) is 1. The zero-order valence-corrected chi connectivity index (χ0v) is 19.0. The van der Waals surface area contributed by atoms with Gasteiger partial charge in [-0.1, -0.05) is 18.2 Å². The molecule has 1 saturated heterocycles.